The van der Waals surface area contributed by atoms with Gasteiger partial charge in [0.25, 0.3) is 0 Å². The SMILES string of the molecule is CC(C)(C)CC(N)CNC(=O)C1CCC(F)(F)C1. The van der Waals surface area contributed by atoms with Gasteiger partial charge in [-0.1, -0.05) is 20.8 Å². The lowest BCUT2D eigenvalue weighted by Crippen LogP contribution is -2.41. The minimum atomic E-state index is -2.67. The van der Waals surface area contributed by atoms with E-state index in [0.717, 1.165) is 6.42 Å². The molecular weight excluding hydrogens is 238 g/mol. The Bertz CT molecular complexity index is 300. The van der Waals surface area contributed by atoms with Crippen LogP contribution in [0.1, 0.15) is 46.5 Å². The van der Waals surface area contributed by atoms with Crippen LogP contribution >= 0.6 is 0 Å². The summed E-state index contributed by atoms with van der Waals surface area (Å²) >= 11 is 0. The zero-order chi connectivity index (χ0) is 14.0. The number of carbonyl (C=O) groups excluding carboxylic acids is 1. The van der Waals surface area contributed by atoms with E-state index < -0.39 is 11.8 Å². The van der Waals surface area contributed by atoms with Gasteiger partial charge in [-0.2, -0.15) is 0 Å². The fraction of sp³-hybridized carbons (Fsp3) is 0.923. The molecule has 2 atom stereocenters. The lowest BCUT2D eigenvalue weighted by atomic mass is 9.88. The third-order valence-corrected chi connectivity index (χ3v) is 3.19. The lowest BCUT2D eigenvalue weighted by Gasteiger charge is -2.23. The highest BCUT2D eigenvalue weighted by Gasteiger charge is 2.42. The smallest absolute Gasteiger partial charge is 0.248 e. The fourth-order valence-corrected chi connectivity index (χ4v) is 2.41. The Morgan fingerprint density at radius 3 is 2.56 bits per heavy atom. The van der Waals surface area contributed by atoms with Crippen LogP contribution in [0.5, 0.6) is 0 Å². The zero-order valence-corrected chi connectivity index (χ0v) is 11.4. The highest BCUT2D eigenvalue weighted by Crippen LogP contribution is 2.38. The second kappa shape index (κ2) is 5.51. The maximum absolute atomic E-state index is 13.0. The fourth-order valence-electron chi connectivity index (χ4n) is 2.41. The minimum Gasteiger partial charge on any atom is -0.354 e. The number of hydrogen-bond acceptors (Lipinski definition) is 2. The van der Waals surface area contributed by atoms with E-state index in [1.54, 1.807) is 0 Å². The maximum atomic E-state index is 13.0. The van der Waals surface area contributed by atoms with E-state index in [1.165, 1.54) is 0 Å². The first-order valence-corrected chi connectivity index (χ1v) is 6.50. The van der Waals surface area contributed by atoms with E-state index in [4.69, 9.17) is 5.73 Å². The van der Waals surface area contributed by atoms with Gasteiger partial charge in [0.05, 0.1) is 0 Å². The Kier molecular flexibility index (Phi) is 4.70. The molecule has 3 nitrogen and oxygen atoms in total. The standard InChI is InChI=1S/C13H24F2N2O/c1-12(2,3)7-10(16)8-17-11(18)9-4-5-13(14,15)6-9/h9-10H,4-8,16H2,1-3H3,(H,17,18). The first-order chi connectivity index (χ1) is 8.09. The van der Waals surface area contributed by atoms with Gasteiger partial charge in [0.1, 0.15) is 0 Å². The van der Waals surface area contributed by atoms with Crippen LogP contribution < -0.4 is 11.1 Å². The van der Waals surface area contributed by atoms with Crippen molar-refractivity contribution in [3.05, 3.63) is 0 Å². The molecule has 0 spiro atoms. The van der Waals surface area contributed by atoms with Crippen molar-refractivity contribution in [2.45, 2.75) is 58.4 Å². The van der Waals surface area contributed by atoms with Crippen molar-refractivity contribution in [3.8, 4) is 0 Å². The van der Waals surface area contributed by atoms with Crippen LogP contribution in [0.25, 0.3) is 0 Å². The van der Waals surface area contributed by atoms with Gasteiger partial charge in [0.2, 0.25) is 11.8 Å². The molecule has 0 aromatic carbocycles. The van der Waals surface area contributed by atoms with Crippen LogP contribution in [0.2, 0.25) is 0 Å². The number of hydrogen-bond donors (Lipinski definition) is 2. The number of alkyl halides is 2. The summed E-state index contributed by atoms with van der Waals surface area (Å²) in [5, 5.41) is 2.69. The molecule has 5 heteroatoms. The zero-order valence-electron chi connectivity index (χ0n) is 11.4. The summed E-state index contributed by atoms with van der Waals surface area (Å²) in [6.07, 6.45) is 0.550. The molecule has 0 saturated heterocycles. The Labute approximate surface area is 107 Å². The average Bonchev–Trinajstić information content (AvgIpc) is 2.52. The van der Waals surface area contributed by atoms with Crippen molar-refractivity contribution in [1.29, 1.82) is 0 Å². The van der Waals surface area contributed by atoms with Crippen LogP contribution in [0.3, 0.4) is 0 Å². The number of nitrogens with one attached hydrogen (secondary N) is 1. The Hall–Kier alpha value is -0.710. The van der Waals surface area contributed by atoms with E-state index in [-0.39, 0.29) is 36.6 Å². The number of nitrogens with two attached hydrogens (primary N) is 1. The molecule has 3 N–H and O–H groups in total. The third-order valence-electron chi connectivity index (χ3n) is 3.19. The average molecular weight is 262 g/mol. The summed E-state index contributed by atoms with van der Waals surface area (Å²) in [5.41, 5.74) is 6.00. The minimum absolute atomic E-state index is 0.102. The summed E-state index contributed by atoms with van der Waals surface area (Å²) in [7, 11) is 0. The molecule has 0 bridgehead atoms. The summed E-state index contributed by atoms with van der Waals surface area (Å²) in [4.78, 5) is 11.7. The number of amides is 1. The van der Waals surface area contributed by atoms with Crippen molar-refractivity contribution in [2.24, 2.45) is 17.1 Å². The molecule has 2 unspecified atom stereocenters. The van der Waals surface area contributed by atoms with E-state index in [0.29, 0.717) is 6.54 Å². The summed E-state index contributed by atoms with van der Waals surface area (Å²) < 4.78 is 25.9. The van der Waals surface area contributed by atoms with Crippen LogP contribution in [0.15, 0.2) is 0 Å². The van der Waals surface area contributed by atoms with Gasteiger partial charge < -0.3 is 11.1 Å². The maximum Gasteiger partial charge on any atom is 0.248 e. The monoisotopic (exact) mass is 262 g/mol. The molecule has 0 aromatic heterocycles. The first-order valence-electron chi connectivity index (χ1n) is 6.50. The van der Waals surface area contributed by atoms with Gasteiger partial charge in [0, 0.05) is 31.3 Å². The van der Waals surface area contributed by atoms with Crippen molar-refractivity contribution in [3.63, 3.8) is 0 Å². The first kappa shape index (κ1) is 15.3. The van der Waals surface area contributed by atoms with Crippen LogP contribution in [0, 0.1) is 11.3 Å². The van der Waals surface area contributed by atoms with E-state index >= 15 is 0 Å². The van der Waals surface area contributed by atoms with Gasteiger partial charge in [-0.3, -0.25) is 4.79 Å². The summed E-state index contributed by atoms with van der Waals surface area (Å²) in [6, 6.07) is -0.129. The van der Waals surface area contributed by atoms with Gasteiger partial charge in [-0.25, -0.2) is 8.78 Å². The third kappa shape index (κ3) is 5.29. The van der Waals surface area contributed by atoms with E-state index in [2.05, 4.69) is 26.1 Å². The molecule has 1 amide bonds. The molecule has 1 fully saturated rings. The number of carbonyl (C=O) groups is 1. The van der Waals surface area contributed by atoms with Crippen molar-refractivity contribution in [2.75, 3.05) is 6.54 Å². The van der Waals surface area contributed by atoms with Crippen LogP contribution in [-0.2, 0) is 4.79 Å². The van der Waals surface area contributed by atoms with E-state index in [9.17, 15) is 13.6 Å². The molecule has 1 aliphatic carbocycles. The molecular formula is C13H24F2N2O. The molecule has 1 saturated carbocycles. The molecule has 0 aromatic rings. The van der Waals surface area contributed by atoms with Gasteiger partial charge in [-0.15, -0.1) is 0 Å². The molecule has 0 radical (unpaired) electrons. The lowest BCUT2D eigenvalue weighted by molar-refractivity contribution is -0.125. The molecule has 18 heavy (non-hydrogen) atoms. The summed E-state index contributed by atoms with van der Waals surface area (Å²) in [5.74, 6) is -3.51. The highest BCUT2D eigenvalue weighted by atomic mass is 19.3. The second-order valence-corrected chi connectivity index (χ2v) is 6.57. The van der Waals surface area contributed by atoms with Crippen molar-refractivity contribution < 1.29 is 13.6 Å². The predicted molar refractivity (Wildman–Crippen MR) is 67.3 cm³/mol. The molecule has 1 aliphatic rings. The normalized spacial score (nSPS) is 24.9. The van der Waals surface area contributed by atoms with Gasteiger partial charge >= 0.3 is 0 Å². The van der Waals surface area contributed by atoms with Crippen molar-refractivity contribution in [1.82, 2.24) is 5.32 Å². The molecule has 1 rings (SSSR count). The number of halogens is 2. The predicted octanol–water partition coefficient (Wildman–Crippen LogP) is 2.30. The van der Waals surface area contributed by atoms with Crippen LogP contribution in [-0.4, -0.2) is 24.4 Å². The topological polar surface area (TPSA) is 55.1 Å². The van der Waals surface area contributed by atoms with E-state index in [1.807, 2.05) is 0 Å². The van der Waals surface area contributed by atoms with Crippen molar-refractivity contribution >= 4 is 5.91 Å². The Balaban J connectivity index is 2.30. The van der Waals surface area contributed by atoms with Gasteiger partial charge in [0.15, 0.2) is 0 Å². The largest absolute Gasteiger partial charge is 0.354 e. The molecule has 0 heterocycles. The Morgan fingerprint density at radius 2 is 2.11 bits per heavy atom. The Morgan fingerprint density at radius 1 is 1.50 bits per heavy atom. The molecule has 106 valence electrons. The van der Waals surface area contributed by atoms with Crippen LogP contribution in [0.4, 0.5) is 8.78 Å². The highest BCUT2D eigenvalue weighted by molar-refractivity contribution is 5.79. The second-order valence-electron chi connectivity index (χ2n) is 6.57. The summed E-state index contributed by atoms with van der Waals surface area (Å²) in [6.45, 7) is 6.59. The molecule has 0 aliphatic heterocycles. The quantitative estimate of drug-likeness (QED) is 0.816. The van der Waals surface area contributed by atoms with Gasteiger partial charge in [-0.05, 0) is 18.3 Å². The number of rotatable bonds is 4.